The molecule has 0 bridgehead atoms. The smallest absolute Gasteiger partial charge is 0.276 e. The van der Waals surface area contributed by atoms with Gasteiger partial charge >= 0.3 is 0 Å². The van der Waals surface area contributed by atoms with Crippen LogP contribution in [0.2, 0.25) is 0 Å². The maximum absolute atomic E-state index is 12.7. The molecule has 1 aliphatic rings. The van der Waals surface area contributed by atoms with E-state index < -0.39 is 0 Å². The highest BCUT2D eigenvalue weighted by Gasteiger charge is 2.18. The van der Waals surface area contributed by atoms with Gasteiger partial charge in [0, 0.05) is 24.0 Å². The first kappa shape index (κ1) is 17.5. The normalized spacial score (nSPS) is 17.0. The van der Waals surface area contributed by atoms with E-state index in [1.54, 1.807) is 12.3 Å². The fourth-order valence-electron chi connectivity index (χ4n) is 3.28. The molecule has 0 spiro atoms. The molecule has 1 fully saturated rings. The summed E-state index contributed by atoms with van der Waals surface area (Å²) in [5, 5.41) is 10.8. The molecule has 2 N–H and O–H groups in total. The van der Waals surface area contributed by atoms with Crippen molar-refractivity contribution in [2.24, 2.45) is 0 Å². The zero-order valence-corrected chi connectivity index (χ0v) is 15.5. The molecule has 3 aromatic rings. The van der Waals surface area contributed by atoms with Gasteiger partial charge in [0.1, 0.15) is 6.26 Å². The van der Waals surface area contributed by atoms with Gasteiger partial charge in [0.2, 0.25) is 5.89 Å². The number of carbonyl (C=O) groups excluding carboxylic acids is 1. The number of piperidine rings is 1. The molecule has 0 aliphatic carbocycles. The van der Waals surface area contributed by atoms with Gasteiger partial charge in [-0.05, 0) is 57.0 Å². The van der Waals surface area contributed by atoms with Crippen LogP contribution in [0.3, 0.4) is 0 Å². The van der Waals surface area contributed by atoms with Crippen LogP contribution in [-0.4, -0.2) is 33.8 Å². The summed E-state index contributed by atoms with van der Waals surface area (Å²) in [5.41, 5.74) is 3.74. The second kappa shape index (κ2) is 7.36. The fourth-order valence-corrected chi connectivity index (χ4v) is 3.28. The lowest BCUT2D eigenvalue weighted by atomic mass is 10.1. The van der Waals surface area contributed by atoms with Crippen molar-refractivity contribution in [3.05, 3.63) is 53.7 Å². The number of hydrogen-bond acceptors (Lipinski definition) is 5. The molecular formula is C20H23N5O2. The largest absolute Gasteiger partial charge is 0.444 e. The summed E-state index contributed by atoms with van der Waals surface area (Å²) >= 11 is 0. The molecule has 1 atom stereocenters. The van der Waals surface area contributed by atoms with Crippen molar-refractivity contribution < 1.29 is 9.21 Å². The van der Waals surface area contributed by atoms with Crippen LogP contribution in [0.1, 0.15) is 40.6 Å². The fraction of sp³-hybridized carbons (Fsp3) is 0.350. The van der Waals surface area contributed by atoms with Crippen LogP contribution < -0.4 is 10.6 Å². The Morgan fingerprint density at radius 2 is 2.22 bits per heavy atom. The van der Waals surface area contributed by atoms with E-state index in [1.807, 2.05) is 42.9 Å². The maximum atomic E-state index is 12.7. The van der Waals surface area contributed by atoms with E-state index in [9.17, 15) is 4.79 Å². The molecule has 7 heteroatoms. The summed E-state index contributed by atoms with van der Waals surface area (Å²) in [4.78, 5) is 17.0. The topological polar surface area (TPSA) is 85.0 Å². The summed E-state index contributed by atoms with van der Waals surface area (Å²) < 4.78 is 7.35. The van der Waals surface area contributed by atoms with Crippen molar-refractivity contribution in [1.82, 2.24) is 20.1 Å². The highest BCUT2D eigenvalue weighted by atomic mass is 16.3. The standard InChI is InChI=1S/C20H23N5O2/c1-13-5-6-15(20-22-14(2)12-27-20)10-18(13)23-19(26)17-7-9-25(24-17)16-4-3-8-21-11-16/h5-7,9-10,12,16,21H,3-4,8,11H2,1-2H3,(H,23,26). The van der Waals surface area contributed by atoms with E-state index in [4.69, 9.17) is 4.42 Å². The first-order valence-electron chi connectivity index (χ1n) is 9.20. The molecular weight excluding hydrogens is 342 g/mol. The molecule has 7 nitrogen and oxygen atoms in total. The number of anilines is 1. The molecule has 3 heterocycles. The number of nitrogens with zero attached hydrogens (tertiary/aromatic N) is 3. The molecule has 1 aromatic carbocycles. The Morgan fingerprint density at radius 1 is 1.33 bits per heavy atom. The second-order valence-corrected chi connectivity index (χ2v) is 6.96. The molecule has 4 rings (SSSR count). The zero-order valence-electron chi connectivity index (χ0n) is 15.5. The number of nitrogens with one attached hydrogen (secondary N) is 2. The molecule has 1 saturated heterocycles. The molecule has 140 valence electrons. The summed E-state index contributed by atoms with van der Waals surface area (Å²) in [6.45, 7) is 5.76. The molecule has 0 radical (unpaired) electrons. The number of hydrogen-bond donors (Lipinski definition) is 2. The Morgan fingerprint density at radius 3 is 2.96 bits per heavy atom. The van der Waals surface area contributed by atoms with Crippen LogP contribution >= 0.6 is 0 Å². The number of benzene rings is 1. The lowest BCUT2D eigenvalue weighted by molar-refractivity contribution is 0.102. The highest BCUT2D eigenvalue weighted by Crippen LogP contribution is 2.25. The lowest BCUT2D eigenvalue weighted by Gasteiger charge is -2.22. The van der Waals surface area contributed by atoms with E-state index in [0.29, 0.717) is 17.6 Å². The van der Waals surface area contributed by atoms with Gasteiger partial charge < -0.3 is 15.1 Å². The Kier molecular flexibility index (Phi) is 4.77. The van der Waals surface area contributed by atoms with E-state index in [0.717, 1.165) is 48.4 Å². The second-order valence-electron chi connectivity index (χ2n) is 6.96. The predicted octanol–water partition coefficient (Wildman–Crippen LogP) is 3.33. The SMILES string of the molecule is Cc1coc(-c2ccc(C)c(NC(=O)c3ccn(C4CCCNC4)n3)c2)n1. The molecule has 27 heavy (non-hydrogen) atoms. The summed E-state index contributed by atoms with van der Waals surface area (Å²) in [7, 11) is 0. The average molecular weight is 365 g/mol. The number of oxazole rings is 1. The van der Waals surface area contributed by atoms with Gasteiger partial charge in [-0.2, -0.15) is 5.10 Å². The van der Waals surface area contributed by atoms with Crippen molar-refractivity contribution in [3.63, 3.8) is 0 Å². The lowest BCUT2D eigenvalue weighted by Crippen LogP contribution is -2.32. The first-order chi connectivity index (χ1) is 13.1. The van der Waals surface area contributed by atoms with Crippen LogP contribution in [0.5, 0.6) is 0 Å². The number of aryl methyl sites for hydroxylation is 2. The van der Waals surface area contributed by atoms with Gasteiger partial charge in [-0.25, -0.2) is 4.98 Å². The number of carbonyl (C=O) groups is 1. The van der Waals surface area contributed by atoms with Crippen molar-refractivity contribution in [2.75, 3.05) is 18.4 Å². The maximum Gasteiger partial charge on any atom is 0.276 e. The molecule has 1 aliphatic heterocycles. The quantitative estimate of drug-likeness (QED) is 0.741. The Bertz CT molecular complexity index is 953. The monoisotopic (exact) mass is 365 g/mol. The van der Waals surface area contributed by atoms with Gasteiger partial charge in [-0.15, -0.1) is 0 Å². The van der Waals surface area contributed by atoms with Crippen molar-refractivity contribution in [1.29, 1.82) is 0 Å². The molecule has 1 unspecified atom stereocenters. The van der Waals surface area contributed by atoms with Crippen molar-refractivity contribution in [2.45, 2.75) is 32.7 Å². The Hall–Kier alpha value is -2.93. The van der Waals surface area contributed by atoms with E-state index >= 15 is 0 Å². The van der Waals surface area contributed by atoms with Crippen molar-refractivity contribution >= 4 is 11.6 Å². The van der Waals surface area contributed by atoms with Crippen LogP contribution in [-0.2, 0) is 0 Å². The minimum atomic E-state index is -0.221. The van der Waals surface area contributed by atoms with E-state index in [2.05, 4.69) is 20.7 Å². The first-order valence-corrected chi connectivity index (χ1v) is 9.20. The third kappa shape index (κ3) is 3.78. The number of aromatic nitrogens is 3. The van der Waals surface area contributed by atoms with Gasteiger partial charge in [0.25, 0.3) is 5.91 Å². The van der Waals surface area contributed by atoms with E-state index in [1.165, 1.54) is 0 Å². The van der Waals surface area contributed by atoms with Crippen LogP contribution in [0, 0.1) is 13.8 Å². The summed E-state index contributed by atoms with van der Waals surface area (Å²) in [5.74, 6) is 0.318. The minimum Gasteiger partial charge on any atom is -0.444 e. The summed E-state index contributed by atoms with van der Waals surface area (Å²) in [6, 6.07) is 7.82. The van der Waals surface area contributed by atoms with Crippen LogP contribution in [0.4, 0.5) is 5.69 Å². The third-order valence-corrected chi connectivity index (χ3v) is 4.84. The van der Waals surface area contributed by atoms with Crippen molar-refractivity contribution in [3.8, 4) is 11.5 Å². The number of amides is 1. The highest BCUT2D eigenvalue weighted by molar-refractivity contribution is 6.03. The van der Waals surface area contributed by atoms with Crippen LogP contribution in [0.25, 0.3) is 11.5 Å². The third-order valence-electron chi connectivity index (χ3n) is 4.84. The van der Waals surface area contributed by atoms with Gasteiger partial charge in [-0.3, -0.25) is 9.48 Å². The van der Waals surface area contributed by atoms with Gasteiger partial charge in [-0.1, -0.05) is 6.07 Å². The molecule has 1 amide bonds. The predicted molar refractivity (Wildman–Crippen MR) is 103 cm³/mol. The molecule has 0 saturated carbocycles. The van der Waals surface area contributed by atoms with Gasteiger partial charge in [0.15, 0.2) is 5.69 Å². The summed E-state index contributed by atoms with van der Waals surface area (Å²) in [6.07, 6.45) is 5.69. The number of rotatable bonds is 4. The Labute approximate surface area is 157 Å². The average Bonchev–Trinajstić information content (AvgIpc) is 3.34. The zero-order chi connectivity index (χ0) is 18.8. The van der Waals surface area contributed by atoms with Gasteiger partial charge in [0.05, 0.1) is 11.7 Å². The van der Waals surface area contributed by atoms with Crippen LogP contribution in [0.15, 0.2) is 41.1 Å². The van der Waals surface area contributed by atoms with E-state index in [-0.39, 0.29) is 5.91 Å². The molecule has 2 aromatic heterocycles. The minimum absolute atomic E-state index is 0.221. The Balaban J connectivity index is 1.51.